The number of hydrogen-bond acceptors (Lipinski definition) is 1. The highest BCUT2D eigenvalue weighted by Gasteiger charge is 2.12. The van der Waals surface area contributed by atoms with Crippen molar-refractivity contribution in [3.8, 4) is 0 Å². The van der Waals surface area contributed by atoms with Crippen molar-refractivity contribution in [1.29, 1.82) is 0 Å². The third kappa shape index (κ3) is 3.75. The van der Waals surface area contributed by atoms with Crippen LogP contribution >= 0.6 is 23.2 Å². The van der Waals surface area contributed by atoms with Gasteiger partial charge in [-0.2, -0.15) is 0 Å². The van der Waals surface area contributed by atoms with Crippen LogP contribution in [-0.4, -0.2) is 5.91 Å². The second kappa shape index (κ2) is 6.78. The van der Waals surface area contributed by atoms with Gasteiger partial charge in [0.15, 0.2) is 0 Å². The third-order valence-corrected chi connectivity index (χ3v) is 3.92. The summed E-state index contributed by atoms with van der Waals surface area (Å²) in [6, 6.07) is 15.1. The number of carbonyl (C=O) groups is 1. The molecule has 4 heteroatoms. The molecule has 0 bridgehead atoms. The number of benzene rings is 2. The second-order valence-electron chi connectivity index (χ2n) is 4.59. The van der Waals surface area contributed by atoms with Crippen LogP contribution in [-0.2, 0) is 11.2 Å². The van der Waals surface area contributed by atoms with Crippen LogP contribution in [0.5, 0.6) is 0 Å². The zero-order valence-electron chi connectivity index (χ0n) is 11.1. The molecular weight excluding hydrogens is 293 g/mol. The van der Waals surface area contributed by atoms with E-state index in [1.54, 1.807) is 18.2 Å². The quantitative estimate of drug-likeness (QED) is 0.890. The van der Waals surface area contributed by atoms with E-state index in [4.69, 9.17) is 23.2 Å². The van der Waals surface area contributed by atoms with Crippen LogP contribution in [0.2, 0.25) is 10.0 Å². The third-order valence-electron chi connectivity index (χ3n) is 3.06. The van der Waals surface area contributed by atoms with Gasteiger partial charge in [-0.05, 0) is 24.1 Å². The highest BCUT2D eigenvalue weighted by Crippen LogP contribution is 2.26. The summed E-state index contributed by atoms with van der Waals surface area (Å²) in [6.45, 7) is 1.95. The van der Waals surface area contributed by atoms with Gasteiger partial charge in [-0.3, -0.25) is 4.79 Å². The molecule has 1 amide bonds. The molecule has 0 fully saturated rings. The largest absolute Gasteiger partial charge is 0.349 e. The average Bonchev–Trinajstić information content (AvgIpc) is 2.45. The molecule has 0 aliphatic rings. The van der Waals surface area contributed by atoms with Crippen LogP contribution < -0.4 is 5.32 Å². The summed E-state index contributed by atoms with van der Waals surface area (Å²) in [4.78, 5) is 12.0. The lowest BCUT2D eigenvalue weighted by molar-refractivity contribution is -0.121. The van der Waals surface area contributed by atoms with Crippen molar-refractivity contribution in [3.05, 3.63) is 69.7 Å². The first-order chi connectivity index (χ1) is 9.58. The molecule has 1 unspecified atom stereocenters. The molecule has 0 radical (unpaired) electrons. The fourth-order valence-electron chi connectivity index (χ4n) is 1.98. The molecule has 20 heavy (non-hydrogen) atoms. The Kier molecular flexibility index (Phi) is 5.05. The van der Waals surface area contributed by atoms with Crippen LogP contribution in [0.1, 0.15) is 24.1 Å². The van der Waals surface area contributed by atoms with Crippen LogP contribution in [0.15, 0.2) is 48.5 Å². The summed E-state index contributed by atoms with van der Waals surface area (Å²) < 4.78 is 0. The summed E-state index contributed by atoms with van der Waals surface area (Å²) >= 11 is 12.0. The van der Waals surface area contributed by atoms with E-state index in [0.29, 0.717) is 10.0 Å². The summed E-state index contributed by atoms with van der Waals surface area (Å²) in [5.41, 5.74) is 1.80. The molecule has 1 atom stereocenters. The standard InChI is InChI=1S/C16H15Cl2NO/c1-11(12-6-3-2-4-7-12)19-15(20)10-13-8-5-9-14(17)16(13)18/h2-9,11H,10H2,1H3,(H,19,20). The first kappa shape index (κ1) is 14.9. The molecule has 0 heterocycles. The number of rotatable bonds is 4. The fraction of sp³-hybridized carbons (Fsp3) is 0.188. The highest BCUT2D eigenvalue weighted by atomic mass is 35.5. The molecule has 1 N–H and O–H groups in total. The normalized spacial score (nSPS) is 11.9. The van der Waals surface area contributed by atoms with Crippen molar-refractivity contribution in [2.24, 2.45) is 0 Å². The van der Waals surface area contributed by atoms with E-state index >= 15 is 0 Å². The summed E-state index contributed by atoms with van der Waals surface area (Å²) in [7, 11) is 0. The molecule has 2 rings (SSSR count). The smallest absolute Gasteiger partial charge is 0.224 e. The average molecular weight is 308 g/mol. The zero-order valence-corrected chi connectivity index (χ0v) is 12.6. The summed E-state index contributed by atoms with van der Waals surface area (Å²) in [5, 5.41) is 3.86. The van der Waals surface area contributed by atoms with Crippen molar-refractivity contribution in [2.75, 3.05) is 0 Å². The van der Waals surface area contributed by atoms with E-state index < -0.39 is 0 Å². The van der Waals surface area contributed by atoms with Gasteiger partial charge >= 0.3 is 0 Å². The molecule has 104 valence electrons. The molecule has 0 saturated heterocycles. The number of amides is 1. The molecule has 2 aromatic rings. The first-order valence-corrected chi connectivity index (χ1v) is 7.10. The number of halogens is 2. The van der Waals surface area contributed by atoms with E-state index in [1.807, 2.05) is 37.3 Å². The lowest BCUT2D eigenvalue weighted by Crippen LogP contribution is -2.28. The van der Waals surface area contributed by atoms with Gasteiger partial charge in [0.05, 0.1) is 22.5 Å². The minimum absolute atomic E-state index is 0.0401. The van der Waals surface area contributed by atoms with Crippen molar-refractivity contribution < 1.29 is 4.79 Å². The van der Waals surface area contributed by atoms with E-state index in [-0.39, 0.29) is 18.4 Å². The van der Waals surface area contributed by atoms with Gasteiger partial charge in [0, 0.05) is 0 Å². The summed E-state index contributed by atoms with van der Waals surface area (Å²) in [6.07, 6.45) is 0.219. The van der Waals surface area contributed by atoms with Gasteiger partial charge in [0.25, 0.3) is 0 Å². The molecular formula is C16H15Cl2NO. The fourth-order valence-corrected chi connectivity index (χ4v) is 2.36. The molecule has 2 nitrogen and oxygen atoms in total. The Bertz CT molecular complexity index is 599. The minimum atomic E-state index is -0.0782. The van der Waals surface area contributed by atoms with Crippen LogP contribution in [0.4, 0.5) is 0 Å². The number of carbonyl (C=O) groups excluding carboxylic acids is 1. The monoisotopic (exact) mass is 307 g/mol. The van der Waals surface area contributed by atoms with Gasteiger partial charge in [-0.25, -0.2) is 0 Å². The number of nitrogens with one attached hydrogen (secondary N) is 1. The minimum Gasteiger partial charge on any atom is -0.349 e. The lowest BCUT2D eigenvalue weighted by Gasteiger charge is -2.14. The SMILES string of the molecule is CC(NC(=O)Cc1cccc(Cl)c1Cl)c1ccccc1. The highest BCUT2D eigenvalue weighted by molar-refractivity contribution is 6.42. The van der Waals surface area contributed by atoms with Crippen LogP contribution in [0.25, 0.3) is 0 Å². The van der Waals surface area contributed by atoms with Crippen LogP contribution in [0.3, 0.4) is 0 Å². The number of hydrogen-bond donors (Lipinski definition) is 1. The van der Waals surface area contributed by atoms with E-state index in [0.717, 1.165) is 11.1 Å². The Morgan fingerprint density at radius 3 is 2.50 bits per heavy atom. The Labute approximate surface area is 128 Å². The Hall–Kier alpha value is -1.51. The van der Waals surface area contributed by atoms with Crippen molar-refractivity contribution in [2.45, 2.75) is 19.4 Å². The molecule has 0 aromatic heterocycles. The van der Waals surface area contributed by atoms with E-state index in [1.165, 1.54) is 0 Å². The first-order valence-electron chi connectivity index (χ1n) is 6.35. The van der Waals surface area contributed by atoms with E-state index in [2.05, 4.69) is 5.32 Å². The van der Waals surface area contributed by atoms with Gasteiger partial charge < -0.3 is 5.32 Å². The predicted octanol–water partition coefficient (Wildman–Crippen LogP) is 4.41. The van der Waals surface area contributed by atoms with Crippen LogP contribution in [0, 0.1) is 0 Å². The lowest BCUT2D eigenvalue weighted by atomic mass is 10.1. The summed E-state index contributed by atoms with van der Waals surface area (Å²) in [5.74, 6) is -0.0782. The maximum Gasteiger partial charge on any atom is 0.224 e. The Morgan fingerprint density at radius 1 is 1.10 bits per heavy atom. The van der Waals surface area contributed by atoms with Crippen molar-refractivity contribution in [1.82, 2.24) is 5.32 Å². The van der Waals surface area contributed by atoms with Crippen molar-refractivity contribution in [3.63, 3.8) is 0 Å². The molecule has 2 aromatic carbocycles. The maximum atomic E-state index is 12.0. The van der Waals surface area contributed by atoms with Gasteiger partial charge in [0.1, 0.15) is 0 Å². The Morgan fingerprint density at radius 2 is 1.80 bits per heavy atom. The second-order valence-corrected chi connectivity index (χ2v) is 5.37. The van der Waals surface area contributed by atoms with Gasteiger partial charge in [0.2, 0.25) is 5.91 Å². The van der Waals surface area contributed by atoms with Gasteiger partial charge in [-0.1, -0.05) is 65.7 Å². The van der Waals surface area contributed by atoms with Gasteiger partial charge in [-0.15, -0.1) is 0 Å². The molecule has 0 saturated carbocycles. The molecule has 0 aliphatic carbocycles. The molecule has 0 aliphatic heterocycles. The van der Waals surface area contributed by atoms with E-state index in [9.17, 15) is 4.79 Å². The Balaban J connectivity index is 2.01. The predicted molar refractivity (Wildman–Crippen MR) is 83.2 cm³/mol. The topological polar surface area (TPSA) is 29.1 Å². The molecule has 0 spiro atoms. The maximum absolute atomic E-state index is 12.0. The zero-order chi connectivity index (χ0) is 14.5. The van der Waals surface area contributed by atoms with Crippen molar-refractivity contribution >= 4 is 29.1 Å².